The molecule has 4 rings (SSSR count). The summed E-state index contributed by atoms with van der Waals surface area (Å²) in [6.07, 6.45) is 1.76. The van der Waals surface area contributed by atoms with Crippen molar-refractivity contribution in [3.8, 4) is 11.3 Å². The minimum absolute atomic E-state index is 0.290. The van der Waals surface area contributed by atoms with Gasteiger partial charge in [-0.05, 0) is 17.5 Å². The first-order valence-electron chi connectivity index (χ1n) is 7.61. The Morgan fingerprint density at radius 3 is 2.46 bits per heavy atom. The number of hydrogen-bond donors (Lipinski definition) is 0. The Bertz CT molecular complexity index is 1060. The van der Waals surface area contributed by atoms with Gasteiger partial charge in [0.1, 0.15) is 0 Å². The average molecular weight is 314 g/mol. The van der Waals surface area contributed by atoms with Crippen molar-refractivity contribution in [2.45, 2.75) is 0 Å². The fourth-order valence-electron chi connectivity index (χ4n) is 2.96. The maximum atomic E-state index is 12.3. The number of para-hydroxylation sites is 1. The second kappa shape index (κ2) is 5.74. The number of methoxy groups -OCH3 is 1. The predicted octanol–water partition coefficient (Wildman–Crippen LogP) is 4.24. The number of pyridine rings is 2. The molecule has 0 unspecified atom stereocenters. The van der Waals surface area contributed by atoms with Crippen LogP contribution in [0.4, 0.5) is 0 Å². The second-order valence-corrected chi connectivity index (χ2v) is 5.42. The van der Waals surface area contributed by atoms with Crippen LogP contribution in [0.5, 0.6) is 0 Å². The lowest BCUT2D eigenvalue weighted by atomic mass is 9.99. The van der Waals surface area contributed by atoms with Gasteiger partial charge in [0.25, 0.3) is 0 Å². The molecule has 0 fully saturated rings. The highest BCUT2D eigenvalue weighted by molar-refractivity contribution is 6.17. The summed E-state index contributed by atoms with van der Waals surface area (Å²) in [6, 6.07) is 19.5. The Morgan fingerprint density at radius 1 is 0.917 bits per heavy atom. The van der Waals surface area contributed by atoms with Gasteiger partial charge in [-0.15, -0.1) is 0 Å². The van der Waals surface area contributed by atoms with Crippen LogP contribution in [0.1, 0.15) is 10.5 Å². The van der Waals surface area contributed by atoms with Gasteiger partial charge in [0.05, 0.1) is 18.3 Å². The average Bonchev–Trinajstić information content (AvgIpc) is 2.67. The van der Waals surface area contributed by atoms with Gasteiger partial charge in [0.15, 0.2) is 5.69 Å². The first kappa shape index (κ1) is 14.3. The van der Waals surface area contributed by atoms with E-state index in [1.807, 2.05) is 60.7 Å². The van der Waals surface area contributed by atoms with E-state index in [4.69, 9.17) is 4.74 Å². The largest absolute Gasteiger partial charge is 0.464 e. The fourth-order valence-corrected chi connectivity index (χ4v) is 2.96. The van der Waals surface area contributed by atoms with Gasteiger partial charge in [-0.25, -0.2) is 9.78 Å². The van der Waals surface area contributed by atoms with Gasteiger partial charge in [-0.1, -0.05) is 48.5 Å². The summed E-state index contributed by atoms with van der Waals surface area (Å²) in [5.41, 5.74) is 2.71. The zero-order valence-corrected chi connectivity index (χ0v) is 13.1. The zero-order chi connectivity index (χ0) is 16.5. The maximum Gasteiger partial charge on any atom is 0.357 e. The quantitative estimate of drug-likeness (QED) is 0.410. The number of rotatable bonds is 2. The van der Waals surface area contributed by atoms with Crippen molar-refractivity contribution in [1.82, 2.24) is 9.97 Å². The number of carbonyl (C=O) groups excluding carboxylic acids is 1. The normalized spacial score (nSPS) is 10.9. The molecule has 0 spiro atoms. The summed E-state index contributed by atoms with van der Waals surface area (Å²) in [5.74, 6) is -0.462. The molecule has 0 saturated carbocycles. The van der Waals surface area contributed by atoms with Crippen LogP contribution in [-0.2, 0) is 4.74 Å². The van der Waals surface area contributed by atoms with Gasteiger partial charge in [-0.2, -0.15) is 0 Å². The minimum atomic E-state index is -0.462. The Morgan fingerprint density at radius 2 is 1.67 bits per heavy atom. The molecular formula is C20H14N2O2. The maximum absolute atomic E-state index is 12.3. The number of carbonyl (C=O) groups is 1. The van der Waals surface area contributed by atoms with Gasteiger partial charge in [0.2, 0.25) is 0 Å². The van der Waals surface area contributed by atoms with Crippen LogP contribution in [0.25, 0.3) is 32.9 Å². The molecule has 2 heterocycles. The molecule has 116 valence electrons. The lowest BCUT2D eigenvalue weighted by Gasteiger charge is -2.12. The molecule has 0 amide bonds. The molecule has 24 heavy (non-hydrogen) atoms. The molecule has 0 atom stereocenters. The van der Waals surface area contributed by atoms with Crippen LogP contribution in [0.2, 0.25) is 0 Å². The predicted molar refractivity (Wildman–Crippen MR) is 93.8 cm³/mol. The van der Waals surface area contributed by atoms with Crippen molar-refractivity contribution >= 4 is 27.6 Å². The molecule has 2 aromatic carbocycles. The Labute approximate surface area is 138 Å². The third-order valence-electron chi connectivity index (χ3n) is 4.04. The highest BCUT2D eigenvalue weighted by Gasteiger charge is 2.19. The number of hydrogen-bond acceptors (Lipinski definition) is 4. The molecule has 0 aliphatic heterocycles. The first-order valence-corrected chi connectivity index (χ1v) is 7.61. The van der Waals surface area contributed by atoms with Gasteiger partial charge in [-0.3, -0.25) is 4.98 Å². The Hall–Kier alpha value is -3.27. The van der Waals surface area contributed by atoms with Crippen molar-refractivity contribution in [2.75, 3.05) is 7.11 Å². The smallest absolute Gasteiger partial charge is 0.357 e. The van der Waals surface area contributed by atoms with Gasteiger partial charge in [0, 0.05) is 22.5 Å². The topological polar surface area (TPSA) is 52.1 Å². The summed E-state index contributed by atoms with van der Waals surface area (Å²) < 4.78 is 4.95. The van der Waals surface area contributed by atoms with Crippen LogP contribution < -0.4 is 0 Å². The van der Waals surface area contributed by atoms with Crippen molar-refractivity contribution in [3.05, 3.63) is 72.6 Å². The molecule has 4 heteroatoms. The lowest BCUT2D eigenvalue weighted by molar-refractivity contribution is 0.0597. The standard InChI is InChI=1S/C20H14N2O2/c1-24-20(23)19-17-15(14-9-5-6-10-16(14)22-19)11-12-21-18(17)13-7-3-2-4-8-13/h2-12H,1H3. The van der Waals surface area contributed by atoms with Crippen LogP contribution in [0.15, 0.2) is 66.9 Å². The lowest BCUT2D eigenvalue weighted by Crippen LogP contribution is -2.07. The van der Waals surface area contributed by atoms with E-state index in [0.29, 0.717) is 5.39 Å². The Kier molecular flexibility index (Phi) is 3.43. The SMILES string of the molecule is COC(=O)c1nc2ccccc2c2ccnc(-c3ccccc3)c12. The molecular weight excluding hydrogens is 300 g/mol. The number of ether oxygens (including phenoxy) is 1. The van der Waals surface area contributed by atoms with E-state index < -0.39 is 5.97 Å². The summed E-state index contributed by atoms with van der Waals surface area (Å²) in [6.45, 7) is 0. The molecule has 0 aliphatic rings. The van der Waals surface area contributed by atoms with E-state index in [0.717, 1.165) is 27.5 Å². The van der Waals surface area contributed by atoms with Crippen molar-refractivity contribution in [2.24, 2.45) is 0 Å². The molecule has 0 radical (unpaired) electrons. The number of benzene rings is 2. The number of esters is 1. The van der Waals surface area contributed by atoms with Crippen LogP contribution in [-0.4, -0.2) is 23.0 Å². The number of nitrogens with zero attached hydrogens (tertiary/aromatic N) is 2. The molecule has 0 N–H and O–H groups in total. The number of fused-ring (bicyclic) bond motifs is 3. The molecule has 0 bridgehead atoms. The van der Waals surface area contributed by atoms with Crippen molar-refractivity contribution in [1.29, 1.82) is 0 Å². The third kappa shape index (κ3) is 2.20. The molecule has 0 aliphatic carbocycles. The highest BCUT2D eigenvalue weighted by atomic mass is 16.5. The number of aromatic nitrogens is 2. The summed E-state index contributed by atoms with van der Waals surface area (Å²) in [4.78, 5) is 21.4. The van der Waals surface area contributed by atoms with Crippen molar-refractivity contribution < 1.29 is 9.53 Å². The first-order chi connectivity index (χ1) is 11.8. The third-order valence-corrected chi connectivity index (χ3v) is 4.04. The van der Waals surface area contributed by atoms with E-state index in [2.05, 4.69) is 9.97 Å². The highest BCUT2D eigenvalue weighted by Crippen LogP contribution is 2.33. The van der Waals surface area contributed by atoms with Gasteiger partial charge >= 0.3 is 5.97 Å². The Balaban J connectivity index is 2.19. The molecule has 0 saturated heterocycles. The molecule has 2 aromatic heterocycles. The van der Waals surface area contributed by atoms with E-state index in [1.54, 1.807) is 6.20 Å². The van der Waals surface area contributed by atoms with Gasteiger partial charge < -0.3 is 4.74 Å². The van der Waals surface area contributed by atoms with E-state index in [-0.39, 0.29) is 5.69 Å². The van der Waals surface area contributed by atoms with Crippen LogP contribution in [0, 0.1) is 0 Å². The van der Waals surface area contributed by atoms with E-state index in [9.17, 15) is 4.79 Å². The summed E-state index contributed by atoms with van der Waals surface area (Å²) >= 11 is 0. The van der Waals surface area contributed by atoms with E-state index >= 15 is 0 Å². The molecule has 4 nitrogen and oxygen atoms in total. The minimum Gasteiger partial charge on any atom is -0.464 e. The van der Waals surface area contributed by atoms with Crippen LogP contribution >= 0.6 is 0 Å². The van der Waals surface area contributed by atoms with Crippen molar-refractivity contribution in [3.63, 3.8) is 0 Å². The summed E-state index contributed by atoms with van der Waals surface area (Å²) in [5, 5.41) is 2.64. The molecule has 4 aromatic rings. The second-order valence-electron chi connectivity index (χ2n) is 5.42. The van der Waals surface area contributed by atoms with Crippen LogP contribution in [0.3, 0.4) is 0 Å². The summed E-state index contributed by atoms with van der Waals surface area (Å²) in [7, 11) is 1.36. The van der Waals surface area contributed by atoms with E-state index in [1.165, 1.54) is 7.11 Å². The fraction of sp³-hybridized carbons (Fsp3) is 0.0500. The zero-order valence-electron chi connectivity index (χ0n) is 13.1. The monoisotopic (exact) mass is 314 g/mol.